The maximum atomic E-state index is 13.9. The Morgan fingerprint density at radius 1 is 0.947 bits per heavy atom. The maximum absolute atomic E-state index is 13.9. The fourth-order valence-electron chi connectivity index (χ4n) is 3.26. The lowest BCUT2D eigenvalue weighted by atomic mass is 10.2. The summed E-state index contributed by atoms with van der Waals surface area (Å²) in [5, 5.41) is 0. The van der Waals surface area contributed by atoms with Crippen LogP contribution >= 0.6 is 10.0 Å². The Labute approximate surface area is 114 Å². The molecule has 1 spiro atoms. The molecule has 0 aliphatic carbocycles. The molecule has 1 aromatic carbocycles. The molecular formula is C14H20F2N2S. The molecule has 19 heavy (non-hydrogen) atoms. The van der Waals surface area contributed by atoms with E-state index in [1.54, 1.807) is 0 Å². The first-order valence-electron chi connectivity index (χ1n) is 6.83. The number of nitrogens with zero attached hydrogens (tertiary/aromatic N) is 1. The Kier molecular flexibility index (Phi) is 3.33. The molecule has 2 nitrogen and oxygen atoms in total. The van der Waals surface area contributed by atoms with E-state index in [9.17, 15) is 8.78 Å². The summed E-state index contributed by atoms with van der Waals surface area (Å²) >= 11 is 0. The largest absolute Gasteiger partial charge is 0.399 e. The van der Waals surface area contributed by atoms with Gasteiger partial charge < -0.3 is 10.6 Å². The second-order valence-corrected chi connectivity index (χ2v) is 9.65. The number of hydrogen-bond donors (Lipinski definition) is 1. The van der Waals surface area contributed by atoms with Crippen LogP contribution in [0.3, 0.4) is 0 Å². The summed E-state index contributed by atoms with van der Waals surface area (Å²) in [6.45, 7) is 1.57. The maximum Gasteiger partial charge on any atom is 0.151 e. The molecule has 0 radical (unpaired) electrons. The van der Waals surface area contributed by atoms with E-state index in [0.29, 0.717) is 0 Å². The zero-order chi connectivity index (χ0) is 13.5. The summed E-state index contributed by atoms with van der Waals surface area (Å²) in [5.74, 6) is 3.94. The summed E-state index contributed by atoms with van der Waals surface area (Å²) in [4.78, 5) is 1.86. The van der Waals surface area contributed by atoms with Crippen molar-refractivity contribution in [1.29, 1.82) is 0 Å². The van der Waals surface area contributed by atoms with Crippen LogP contribution in [0.15, 0.2) is 12.1 Å². The lowest BCUT2D eigenvalue weighted by molar-refractivity contribution is 0.574. The molecule has 2 heterocycles. The summed E-state index contributed by atoms with van der Waals surface area (Å²) < 4.78 is 27.8. The van der Waals surface area contributed by atoms with Crippen molar-refractivity contribution in [3.8, 4) is 0 Å². The van der Waals surface area contributed by atoms with Crippen LogP contribution in [-0.2, 0) is 0 Å². The molecule has 2 aliphatic rings. The Balaban J connectivity index is 1.78. The molecule has 0 amide bonds. The molecule has 2 saturated heterocycles. The van der Waals surface area contributed by atoms with Gasteiger partial charge in [0.1, 0.15) is 5.69 Å². The van der Waals surface area contributed by atoms with E-state index < -0.39 is 21.7 Å². The standard InChI is InChI=1S/C14H20F2N2S/c15-12-9-11(17)10-13(16)14(12)18-3-7-19(8-4-18)5-1-2-6-19/h9-10H,1-8,17H2. The average Bonchev–Trinajstić information content (AvgIpc) is 2.79. The minimum atomic E-state index is -0.533. The number of nitrogens with two attached hydrogens (primary N) is 1. The highest BCUT2D eigenvalue weighted by Gasteiger charge is 2.33. The topological polar surface area (TPSA) is 29.3 Å². The summed E-state index contributed by atoms with van der Waals surface area (Å²) in [6, 6.07) is 2.43. The Hall–Kier alpha value is -0.970. The average molecular weight is 286 g/mol. The van der Waals surface area contributed by atoms with Crippen molar-refractivity contribution in [2.75, 3.05) is 46.7 Å². The monoisotopic (exact) mass is 286 g/mol. The number of hydrogen-bond acceptors (Lipinski definition) is 2. The van der Waals surface area contributed by atoms with Crippen molar-refractivity contribution in [2.24, 2.45) is 0 Å². The smallest absolute Gasteiger partial charge is 0.151 e. The summed E-state index contributed by atoms with van der Waals surface area (Å²) in [6.07, 6.45) is 2.69. The highest BCUT2D eigenvalue weighted by molar-refractivity contribution is 8.34. The van der Waals surface area contributed by atoms with Gasteiger partial charge in [-0.2, -0.15) is 0 Å². The number of anilines is 2. The van der Waals surface area contributed by atoms with Gasteiger partial charge in [-0.1, -0.05) is 0 Å². The van der Waals surface area contributed by atoms with Crippen molar-refractivity contribution >= 4 is 21.4 Å². The van der Waals surface area contributed by atoms with E-state index in [4.69, 9.17) is 5.73 Å². The lowest BCUT2D eigenvalue weighted by Gasteiger charge is -2.44. The van der Waals surface area contributed by atoms with Gasteiger partial charge >= 0.3 is 0 Å². The van der Waals surface area contributed by atoms with Crippen molar-refractivity contribution in [3.63, 3.8) is 0 Å². The molecule has 2 fully saturated rings. The number of benzene rings is 1. The van der Waals surface area contributed by atoms with Gasteiger partial charge in [0.25, 0.3) is 0 Å². The molecule has 5 heteroatoms. The highest BCUT2D eigenvalue weighted by atomic mass is 32.3. The Morgan fingerprint density at radius 3 is 2.00 bits per heavy atom. The van der Waals surface area contributed by atoms with Crippen LogP contribution in [0.2, 0.25) is 0 Å². The van der Waals surface area contributed by atoms with Gasteiger partial charge in [0, 0.05) is 18.8 Å². The van der Waals surface area contributed by atoms with E-state index in [0.717, 1.165) is 24.6 Å². The predicted molar refractivity (Wildman–Crippen MR) is 79.3 cm³/mol. The molecule has 0 bridgehead atoms. The van der Waals surface area contributed by atoms with Gasteiger partial charge in [-0.15, -0.1) is 0 Å². The molecule has 0 unspecified atom stereocenters. The van der Waals surface area contributed by atoms with Crippen molar-refractivity contribution < 1.29 is 8.78 Å². The van der Waals surface area contributed by atoms with Crippen molar-refractivity contribution in [3.05, 3.63) is 23.8 Å². The normalized spacial score (nSPS) is 23.8. The lowest BCUT2D eigenvalue weighted by Crippen LogP contribution is -2.40. The number of nitrogen functional groups attached to an aromatic ring is 1. The third-order valence-corrected chi connectivity index (χ3v) is 8.76. The zero-order valence-electron chi connectivity index (χ0n) is 11.0. The number of rotatable bonds is 1. The third-order valence-electron chi connectivity index (χ3n) is 4.35. The highest BCUT2D eigenvalue weighted by Crippen LogP contribution is 2.55. The van der Waals surface area contributed by atoms with Crippen molar-refractivity contribution in [1.82, 2.24) is 0 Å². The van der Waals surface area contributed by atoms with Gasteiger partial charge in [-0.25, -0.2) is 18.8 Å². The molecule has 0 saturated carbocycles. The number of halogens is 2. The first-order chi connectivity index (χ1) is 9.10. The van der Waals surface area contributed by atoms with Gasteiger partial charge in [0.05, 0.1) is 0 Å². The van der Waals surface area contributed by atoms with Crippen LogP contribution in [0.5, 0.6) is 0 Å². The first-order valence-corrected chi connectivity index (χ1v) is 9.14. The van der Waals surface area contributed by atoms with Crippen LogP contribution < -0.4 is 10.6 Å². The summed E-state index contributed by atoms with van der Waals surface area (Å²) in [7, 11) is -0.448. The molecule has 3 rings (SSSR count). The van der Waals surface area contributed by atoms with Gasteiger partial charge in [-0.3, -0.25) is 0 Å². The second kappa shape index (κ2) is 4.85. The second-order valence-electron chi connectivity index (χ2n) is 5.57. The van der Waals surface area contributed by atoms with Gasteiger partial charge in [-0.05, 0) is 48.0 Å². The summed E-state index contributed by atoms with van der Waals surface area (Å²) in [5.41, 5.74) is 5.72. The minimum Gasteiger partial charge on any atom is -0.399 e. The zero-order valence-corrected chi connectivity index (χ0v) is 11.8. The fourth-order valence-corrected chi connectivity index (χ4v) is 7.33. The molecular weight excluding hydrogens is 266 g/mol. The van der Waals surface area contributed by atoms with E-state index in [-0.39, 0.29) is 11.4 Å². The molecule has 0 atom stereocenters. The van der Waals surface area contributed by atoms with Gasteiger partial charge in [0.2, 0.25) is 0 Å². The van der Waals surface area contributed by atoms with Crippen LogP contribution in [0.1, 0.15) is 12.8 Å². The first kappa shape index (κ1) is 13.0. The molecule has 0 aromatic heterocycles. The van der Waals surface area contributed by atoms with E-state index in [1.807, 2.05) is 4.90 Å². The minimum absolute atomic E-state index is 0.112. The third kappa shape index (κ3) is 2.40. The van der Waals surface area contributed by atoms with E-state index in [1.165, 1.54) is 36.5 Å². The van der Waals surface area contributed by atoms with Gasteiger partial charge in [0.15, 0.2) is 11.6 Å². The fraction of sp³-hybridized carbons (Fsp3) is 0.571. The van der Waals surface area contributed by atoms with Crippen molar-refractivity contribution in [2.45, 2.75) is 12.8 Å². The van der Waals surface area contributed by atoms with E-state index >= 15 is 0 Å². The quantitative estimate of drug-likeness (QED) is 0.804. The predicted octanol–water partition coefficient (Wildman–Crippen LogP) is 2.97. The molecule has 1 aromatic rings. The van der Waals surface area contributed by atoms with Crippen LogP contribution in [0, 0.1) is 11.6 Å². The molecule has 2 aliphatic heterocycles. The van der Waals surface area contributed by atoms with E-state index in [2.05, 4.69) is 0 Å². The molecule has 106 valence electrons. The SMILES string of the molecule is Nc1cc(F)c(N2CCS3(CCCC3)CC2)c(F)c1. The van der Waals surface area contributed by atoms with Crippen LogP contribution in [0.25, 0.3) is 0 Å². The Morgan fingerprint density at radius 2 is 1.47 bits per heavy atom. The van der Waals surface area contributed by atoms with Crippen LogP contribution in [-0.4, -0.2) is 36.1 Å². The Bertz CT molecular complexity index is 453. The molecule has 2 N–H and O–H groups in total. The van der Waals surface area contributed by atoms with Crippen LogP contribution in [0.4, 0.5) is 20.2 Å².